The van der Waals surface area contributed by atoms with E-state index in [4.69, 9.17) is 9.26 Å². The molecule has 136 valence electrons. The molecule has 0 radical (unpaired) electrons. The van der Waals surface area contributed by atoms with Gasteiger partial charge in [-0.2, -0.15) is 0 Å². The van der Waals surface area contributed by atoms with Crippen LogP contribution in [0.4, 0.5) is 4.79 Å². The van der Waals surface area contributed by atoms with Crippen LogP contribution in [0.2, 0.25) is 0 Å². The van der Waals surface area contributed by atoms with Gasteiger partial charge in [0, 0.05) is 25.1 Å². The summed E-state index contributed by atoms with van der Waals surface area (Å²) in [7, 11) is 0. The average molecular weight is 347 g/mol. The molecule has 1 aliphatic heterocycles. The van der Waals surface area contributed by atoms with Crippen LogP contribution in [0.1, 0.15) is 45.1 Å². The minimum Gasteiger partial charge on any atom is -0.444 e. The molecule has 1 aromatic rings. The molecule has 25 heavy (non-hydrogen) atoms. The molecule has 0 saturated carbocycles. The van der Waals surface area contributed by atoms with E-state index in [1.54, 1.807) is 17.9 Å². The highest BCUT2D eigenvalue weighted by Crippen LogP contribution is 2.18. The van der Waals surface area contributed by atoms with Crippen LogP contribution in [-0.4, -0.2) is 40.7 Å². The lowest BCUT2D eigenvalue weighted by atomic mass is 9.99. The number of nitrogens with zero attached hydrogens (tertiary/aromatic N) is 2. The molecule has 7 nitrogen and oxygen atoms in total. The fourth-order valence-corrected chi connectivity index (χ4v) is 2.47. The Balaban J connectivity index is 1.82. The summed E-state index contributed by atoms with van der Waals surface area (Å²) in [6, 6.07) is 1.76. The molecule has 0 aromatic carbocycles. The smallest absolute Gasteiger partial charge is 0.410 e. The summed E-state index contributed by atoms with van der Waals surface area (Å²) >= 11 is 0. The molecule has 2 rings (SSSR count). The van der Waals surface area contributed by atoms with Crippen molar-refractivity contribution < 1.29 is 18.8 Å². The molecule has 7 heteroatoms. The third kappa shape index (κ3) is 6.49. The first kappa shape index (κ1) is 18.8. The van der Waals surface area contributed by atoms with Gasteiger partial charge in [-0.15, -0.1) is 0 Å². The predicted octanol–water partition coefficient (Wildman–Crippen LogP) is 2.25. The average Bonchev–Trinajstić information content (AvgIpc) is 2.95. The predicted molar refractivity (Wildman–Crippen MR) is 91.4 cm³/mol. The molecule has 1 saturated heterocycles. The van der Waals surface area contributed by atoms with Gasteiger partial charge in [0.05, 0.1) is 6.54 Å². The van der Waals surface area contributed by atoms with E-state index >= 15 is 0 Å². The van der Waals surface area contributed by atoms with Gasteiger partial charge in [-0.1, -0.05) is 11.1 Å². The zero-order valence-electron chi connectivity index (χ0n) is 15.2. The van der Waals surface area contributed by atoms with Crippen molar-refractivity contribution >= 4 is 12.0 Å². The molecule has 2 amide bonds. The summed E-state index contributed by atoms with van der Waals surface area (Å²) < 4.78 is 10.3. The van der Waals surface area contributed by atoms with Crippen LogP contribution >= 0.6 is 0 Å². The minimum atomic E-state index is -0.519. The highest BCUT2D eigenvalue weighted by Gasteiger charge is 2.26. The largest absolute Gasteiger partial charge is 0.444 e. The third-order valence-corrected chi connectivity index (χ3v) is 3.57. The number of carbonyl (C=O) groups excluding carboxylic acids is 2. The molecule has 1 fully saturated rings. The molecule has 1 unspecified atom stereocenters. The van der Waals surface area contributed by atoms with Gasteiger partial charge in [0.25, 0.3) is 5.91 Å². The van der Waals surface area contributed by atoms with Crippen molar-refractivity contribution in [3.63, 3.8) is 0 Å². The van der Waals surface area contributed by atoms with Crippen LogP contribution in [0.5, 0.6) is 0 Å². The van der Waals surface area contributed by atoms with E-state index in [0.29, 0.717) is 24.5 Å². The number of carbonyl (C=O) groups is 2. The molecule has 0 bridgehead atoms. The van der Waals surface area contributed by atoms with Crippen molar-refractivity contribution in [1.82, 2.24) is 15.4 Å². The number of ether oxygens (including phenoxy) is 1. The van der Waals surface area contributed by atoms with Crippen LogP contribution in [0.15, 0.2) is 10.6 Å². The molecular weight excluding hydrogens is 322 g/mol. The first-order valence-corrected chi connectivity index (χ1v) is 8.42. The van der Waals surface area contributed by atoms with E-state index in [2.05, 4.69) is 22.3 Å². The van der Waals surface area contributed by atoms with Crippen molar-refractivity contribution in [2.75, 3.05) is 13.1 Å². The molecule has 1 aliphatic rings. The molecular formula is C18H25N3O4. The van der Waals surface area contributed by atoms with Crippen molar-refractivity contribution in [3.8, 4) is 11.8 Å². The van der Waals surface area contributed by atoms with Gasteiger partial charge >= 0.3 is 6.09 Å². The van der Waals surface area contributed by atoms with Crippen molar-refractivity contribution in [3.05, 3.63) is 17.5 Å². The highest BCUT2D eigenvalue weighted by atomic mass is 16.6. The van der Waals surface area contributed by atoms with Crippen molar-refractivity contribution in [2.24, 2.45) is 5.92 Å². The highest BCUT2D eigenvalue weighted by molar-refractivity contribution is 5.93. The lowest BCUT2D eigenvalue weighted by molar-refractivity contribution is -0.115. The van der Waals surface area contributed by atoms with Gasteiger partial charge in [0.2, 0.25) is 0 Å². The number of rotatable bonds is 2. The van der Waals surface area contributed by atoms with E-state index in [0.717, 1.165) is 12.8 Å². The van der Waals surface area contributed by atoms with E-state index in [9.17, 15) is 9.59 Å². The maximum atomic E-state index is 12.1. The van der Waals surface area contributed by atoms with Gasteiger partial charge in [-0.25, -0.2) is 4.79 Å². The fourth-order valence-electron chi connectivity index (χ4n) is 2.47. The Kier molecular flexibility index (Phi) is 6.07. The first-order chi connectivity index (χ1) is 11.7. The fraction of sp³-hybridized carbons (Fsp3) is 0.611. The number of likely N-dealkylation sites (tertiary alicyclic amines) is 1. The number of nitrogens with one attached hydrogen (secondary N) is 1. The summed E-state index contributed by atoms with van der Waals surface area (Å²) in [4.78, 5) is 25.6. The van der Waals surface area contributed by atoms with Crippen LogP contribution in [0.25, 0.3) is 0 Å². The minimum absolute atomic E-state index is 0.0266. The monoisotopic (exact) mass is 347 g/mol. The number of hydrogen-bond donors (Lipinski definition) is 1. The summed E-state index contributed by atoms with van der Waals surface area (Å²) in [5.41, 5.74) is 0.135. The lowest BCUT2D eigenvalue weighted by Gasteiger charge is -2.32. The van der Waals surface area contributed by atoms with Gasteiger partial charge in [0.15, 0.2) is 0 Å². The second kappa shape index (κ2) is 8.06. The Morgan fingerprint density at radius 1 is 1.48 bits per heavy atom. The molecule has 0 aliphatic carbocycles. The van der Waals surface area contributed by atoms with E-state index < -0.39 is 5.60 Å². The lowest BCUT2D eigenvalue weighted by Crippen LogP contribution is -2.42. The van der Waals surface area contributed by atoms with Gasteiger partial charge < -0.3 is 19.5 Å². The molecule has 1 atom stereocenters. The second-order valence-corrected chi connectivity index (χ2v) is 7.15. The van der Waals surface area contributed by atoms with Gasteiger partial charge in [0.1, 0.15) is 17.1 Å². The quantitative estimate of drug-likeness (QED) is 0.830. The van der Waals surface area contributed by atoms with Crippen LogP contribution in [-0.2, 0) is 16.1 Å². The number of aromatic nitrogens is 1. The maximum absolute atomic E-state index is 12.1. The topological polar surface area (TPSA) is 84.7 Å². The first-order valence-electron chi connectivity index (χ1n) is 8.42. The van der Waals surface area contributed by atoms with E-state index in [-0.39, 0.29) is 24.5 Å². The Labute approximate surface area is 148 Å². The van der Waals surface area contributed by atoms with Crippen LogP contribution in [0, 0.1) is 24.7 Å². The summed E-state index contributed by atoms with van der Waals surface area (Å²) in [6.45, 7) is 8.73. The maximum Gasteiger partial charge on any atom is 0.410 e. The van der Waals surface area contributed by atoms with Crippen LogP contribution in [0.3, 0.4) is 0 Å². The molecule has 1 N–H and O–H groups in total. The zero-order chi connectivity index (χ0) is 18.4. The molecule has 2 heterocycles. The summed E-state index contributed by atoms with van der Waals surface area (Å²) in [5.74, 6) is 5.86. The zero-order valence-corrected chi connectivity index (χ0v) is 15.2. The summed E-state index contributed by atoms with van der Waals surface area (Å²) in [6.07, 6.45) is 1.38. The number of piperidine rings is 1. The van der Waals surface area contributed by atoms with Crippen molar-refractivity contribution in [2.45, 2.75) is 52.7 Å². The van der Waals surface area contributed by atoms with Gasteiger partial charge in [-0.3, -0.25) is 4.79 Å². The Morgan fingerprint density at radius 2 is 2.24 bits per heavy atom. The van der Waals surface area contributed by atoms with Crippen LogP contribution < -0.4 is 5.32 Å². The van der Waals surface area contributed by atoms with E-state index in [1.807, 2.05) is 20.8 Å². The van der Waals surface area contributed by atoms with Crippen molar-refractivity contribution in [1.29, 1.82) is 0 Å². The Bertz CT molecular complexity index is 678. The Hall–Kier alpha value is -2.49. The third-order valence-electron chi connectivity index (χ3n) is 3.57. The number of hydrogen-bond acceptors (Lipinski definition) is 5. The molecule has 1 aromatic heterocycles. The number of aryl methyl sites for hydroxylation is 1. The second-order valence-electron chi connectivity index (χ2n) is 7.15. The summed E-state index contributed by atoms with van der Waals surface area (Å²) in [5, 5.41) is 6.48. The molecule has 0 spiro atoms. The SMILES string of the molecule is Cc1cc(CNC(=O)C#CC2CCCN(C(=O)OC(C)(C)C)C2)no1. The van der Waals surface area contributed by atoms with E-state index in [1.165, 1.54) is 0 Å². The standard InChI is InChI=1S/C18H25N3O4/c1-13-10-15(20-25-13)11-19-16(22)8-7-14-6-5-9-21(12-14)17(23)24-18(2,3)4/h10,14H,5-6,9,11-12H2,1-4H3,(H,19,22). The Morgan fingerprint density at radius 3 is 2.88 bits per heavy atom. The number of amides is 2. The normalized spacial score (nSPS) is 17.4. The van der Waals surface area contributed by atoms with Gasteiger partial charge in [-0.05, 0) is 46.5 Å².